The molecule has 1 aliphatic carbocycles. The minimum absolute atomic E-state index is 0.519. The van der Waals surface area contributed by atoms with E-state index in [1.807, 2.05) is 36.2 Å². The van der Waals surface area contributed by atoms with Gasteiger partial charge in [0.25, 0.3) is 0 Å². The number of nitrogens with zero attached hydrogens (tertiary/aromatic N) is 3. The quantitative estimate of drug-likeness (QED) is 0.642. The lowest BCUT2D eigenvalue weighted by Crippen LogP contribution is -2.05. The van der Waals surface area contributed by atoms with E-state index in [2.05, 4.69) is 30.5 Å². The summed E-state index contributed by atoms with van der Waals surface area (Å²) in [5.74, 6) is 1.13. The largest absolute Gasteiger partial charge is 0.277 e. The summed E-state index contributed by atoms with van der Waals surface area (Å²) in [6, 6.07) is 5.98. The first-order valence-corrected chi connectivity index (χ1v) is 7.42. The van der Waals surface area contributed by atoms with E-state index in [4.69, 9.17) is 0 Å². The van der Waals surface area contributed by atoms with E-state index in [-0.39, 0.29) is 0 Å². The second-order valence-electron chi connectivity index (χ2n) is 4.33. The molecule has 1 saturated carbocycles. The second-order valence-corrected chi connectivity index (χ2v) is 5.84. The number of halogens is 1. The van der Waals surface area contributed by atoms with E-state index >= 15 is 0 Å². The fraction of sp³-hybridized carbons (Fsp3) is 0.455. The molecule has 3 rings (SSSR count). The Bertz CT molecular complexity index is 507. The van der Waals surface area contributed by atoms with Gasteiger partial charge in [-0.2, -0.15) is 0 Å². The van der Waals surface area contributed by atoms with Gasteiger partial charge in [0.1, 0.15) is 0 Å². The van der Waals surface area contributed by atoms with Gasteiger partial charge in [0.05, 0.1) is 0 Å². The molecule has 0 amide bonds. The molecule has 0 N–H and O–H groups in total. The molecule has 0 radical (unpaired) electrons. The highest BCUT2D eigenvalue weighted by atomic mass is 79.9. The first-order chi connectivity index (χ1) is 7.83. The number of rotatable bonds is 4. The molecule has 16 heavy (non-hydrogen) atoms. The Kier molecular flexibility index (Phi) is 2.67. The summed E-state index contributed by atoms with van der Waals surface area (Å²) < 4.78 is 2.05. The molecule has 1 fully saturated rings. The van der Waals surface area contributed by atoms with Gasteiger partial charge < -0.3 is 0 Å². The zero-order chi connectivity index (χ0) is 11.0. The molecule has 3 nitrogen and oxygen atoms in total. The van der Waals surface area contributed by atoms with Crippen LogP contribution >= 0.6 is 27.7 Å². The Morgan fingerprint density at radius 2 is 2.25 bits per heavy atom. The van der Waals surface area contributed by atoms with Crippen LogP contribution in [0.1, 0.15) is 12.8 Å². The maximum Gasteiger partial charge on any atom is 0.195 e. The van der Waals surface area contributed by atoms with Gasteiger partial charge in [-0.15, -0.1) is 10.2 Å². The van der Waals surface area contributed by atoms with Crippen molar-refractivity contribution in [2.45, 2.75) is 18.0 Å². The van der Waals surface area contributed by atoms with Gasteiger partial charge in [-0.1, -0.05) is 33.8 Å². The molecule has 2 heterocycles. The van der Waals surface area contributed by atoms with Crippen molar-refractivity contribution >= 4 is 33.3 Å². The Morgan fingerprint density at radius 3 is 3.00 bits per heavy atom. The number of hydrogen-bond donors (Lipinski definition) is 0. The molecule has 0 aromatic carbocycles. The van der Waals surface area contributed by atoms with Crippen LogP contribution in [0.15, 0.2) is 29.6 Å². The molecular formula is C11H12BrN3S. The number of alkyl halides is 1. The highest BCUT2D eigenvalue weighted by Crippen LogP contribution is 2.50. The van der Waals surface area contributed by atoms with Crippen LogP contribution in [0.25, 0.3) is 5.65 Å². The third kappa shape index (κ3) is 1.86. The van der Waals surface area contributed by atoms with Crippen molar-refractivity contribution in [1.82, 2.24) is 14.6 Å². The van der Waals surface area contributed by atoms with E-state index in [1.165, 1.54) is 12.8 Å². The lowest BCUT2D eigenvalue weighted by molar-refractivity contribution is 0.684. The first kappa shape index (κ1) is 10.6. The number of aromatic nitrogens is 3. The molecule has 1 aliphatic rings. The van der Waals surface area contributed by atoms with Crippen molar-refractivity contribution in [1.29, 1.82) is 0 Å². The minimum atomic E-state index is 0.519. The Hall–Kier alpha value is -0.550. The van der Waals surface area contributed by atoms with Crippen molar-refractivity contribution in [3.63, 3.8) is 0 Å². The van der Waals surface area contributed by atoms with E-state index in [0.29, 0.717) is 5.41 Å². The van der Waals surface area contributed by atoms with E-state index in [1.54, 1.807) is 0 Å². The van der Waals surface area contributed by atoms with Crippen LogP contribution in [0.2, 0.25) is 0 Å². The van der Waals surface area contributed by atoms with Gasteiger partial charge in [-0.25, -0.2) is 0 Å². The van der Waals surface area contributed by atoms with Crippen LogP contribution in [-0.2, 0) is 0 Å². The summed E-state index contributed by atoms with van der Waals surface area (Å²) in [6.07, 6.45) is 4.69. The van der Waals surface area contributed by atoms with Gasteiger partial charge in [0.15, 0.2) is 10.8 Å². The number of thioether (sulfide) groups is 1. The topological polar surface area (TPSA) is 30.2 Å². The summed E-state index contributed by atoms with van der Waals surface area (Å²) in [7, 11) is 0. The number of hydrogen-bond acceptors (Lipinski definition) is 3. The zero-order valence-electron chi connectivity index (χ0n) is 8.77. The number of pyridine rings is 1. The summed E-state index contributed by atoms with van der Waals surface area (Å²) in [6.45, 7) is 0. The maximum absolute atomic E-state index is 4.22. The fourth-order valence-electron chi connectivity index (χ4n) is 1.63. The maximum atomic E-state index is 4.22. The SMILES string of the molecule is BrCC1(CSc2nnc3ccccn23)CC1. The van der Waals surface area contributed by atoms with Gasteiger partial charge in [0, 0.05) is 17.3 Å². The second kappa shape index (κ2) is 4.04. The van der Waals surface area contributed by atoms with Gasteiger partial charge in [-0.3, -0.25) is 4.40 Å². The summed E-state index contributed by atoms with van der Waals surface area (Å²) in [5.41, 5.74) is 1.44. The predicted molar refractivity (Wildman–Crippen MR) is 69.2 cm³/mol. The Morgan fingerprint density at radius 1 is 1.38 bits per heavy atom. The van der Waals surface area contributed by atoms with Gasteiger partial charge in [0.2, 0.25) is 0 Å². The Balaban J connectivity index is 1.79. The first-order valence-electron chi connectivity index (χ1n) is 5.32. The van der Waals surface area contributed by atoms with E-state index < -0.39 is 0 Å². The average molecular weight is 298 g/mol. The van der Waals surface area contributed by atoms with Crippen LogP contribution in [0.5, 0.6) is 0 Å². The lowest BCUT2D eigenvalue weighted by Gasteiger charge is -2.08. The molecule has 0 saturated heterocycles. The molecule has 0 aliphatic heterocycles. The third-order valence-corrected chi connectivity index (χ3v) is 5.51. The predicted octanol–water partition coefficient (Wildman–Crippen LogP) is 3.00. The van der Waals surface area contributed by atoms with E-state index in [0.717, 1.165) is 21.9 Å². The minimum Gasteiger partial charge on any atom is -0.277 e. The average Bonchev–Trinajstić information content (AvgIpc) is 3.01. The van der Waals surface area contributed by atoms with Crippen molar-refractivity contribution in [3.8, 4) is 0 Å². The van der Waals surface area contributed by atoms with Crippen molar-refractivity contribution < 1.29 is 0 Å². The standard InChI is InChI=1S/C11H12BrN3S/c12-7-11(4-5-11)8-16-10-14-13-9-3-1-2-6-15(9)10/h1-3,6H,4-5,7-8H2. The van der Waals surface area contributed by atoms with E-state index in [9.17, 15) is 0 Å². The van der Waals surface area contributed by atoms with Gasteiger partial charge in [-0.05, 0) is 30.4 Å². The monoisotopic (exact) mass is 297 g/mol. The highest BCUT2D eigenvalue weighted by Gasteiger charge is 2.41. The molecule has 0 bridgehead atoms. The van der Waals surface area contributed by atoms with Crippen molar-refractivity contribution in [2.24, 2.45) is 5.41 Å². The molecule has 2 aromatic rings. The fourth-order valence-corrected chi connectivity index (χ4v) is 3.87. The summed E-state index contributed by atoms with van der Waals surface area (Å²) in [4.78, 5) is 0. The molecule has 0 atom stereocenters. The van der Waals surface area contributed by atoms with Crippen LogP contribution in [0.3, 0.4) is 0 Å². The summed E-state index contributed by atoms with van der Waals surface area (Å²) >= 11 is 5.40. The van der Waals surface area contributed by atoms with Crippen LogP contribution in [0.4, 0.5) is 0 Å². The van der Waals surface area contributed by atoms with Gasteiger partial charge >= 0.3 is 0 Å². The molecule has 0 spiro atoms. The smallest absolute Gasteiger partial charge is 0.195 e. The number of fused-ring (bicyclic) bond motifs is 1. The van der Waals surface area contributed by atoms with Crippen molar-refractivity contribution in [2.75, 3.05) is 11.1 Å². The molecule has 2 aromatic heterocycles. The summed E-state index contributed by atoms with van der Waals surface area (Å²) in [5, 5.41) is 10.5. The molecule has 0 unspecified atom stereocenters. The highest BCUT2D eigenvalue weighted by molar-refractivity contribution is 9.09. The molecule has 84 valence electrons. The van der Waals surface area contributed by atoms with Crippen LogP contribution in [0, 0.1) is 5.41 Å². The normalized spacial score (nSPS) is 17.8. The Labute approximate surface area is 107 Å². The lowest BCUT2D eigenvalue weighted by atomic mass is 10.2. The van der Waals surface area contributed by atoms with Crippen LogP contribution < -0.4 is 0 Å². The van der Waals surface area contributed by atoms with Crippen molar-refractivity contribution in [3.05, 3.63) is 24.4 Å². The molecule has 5 heteroatoms. The molecular weight excluding hydrogens is 286 g/mol. The van der Waals surface area contributed by atoms with Crippen LogP contribution in [-0.4, -0.2) is 25.7 Å². The third-order valence-electron chi connectivity index (χ3n) is 3.03. The zero-order valence-corrected chi connectivity index (χ0v) is 11.2.